The molecule has 0 saturated heterocycles. The molecule has 0 aliphatic carbocycles. The fourth-order valence-electron chi connectivity index (χ4n) is 1.62. The number of hydrogen-bond donors (Lipinski definition) is 2. The minimum absolute atomic E-state index is 0.119. The molecule has 0 atom stereocenters. The second-order valence-corrected chi connectivity index (χ2v) is 4.06. The van der Waals surface area contributed by atoms with Crippen LogP contribution in [0.1, 0.15) is 16.1 Å². The molecule has 1 amide bonds. The summed E-state index contributed by atoms with van der Waals surface area (Å²) in [6.45, 7) is 0.360. The molecule has 0 unspecified atom stereocenters. The predicted octanol–water partition coefficient (Wildman–Crippen LogP) is 1.94. The Kier molecular flexibility index (Phi) is 4.27. The number of pyridine rings is 1. The summed E-state index contributed by atoms with van der Waals surface area (Å²) in [5.74, 6) is -0.844. The third-order valence-corrected chi connectivity index (χ3v) is 2.70. The molecule has 0 bridgehead atoms. The zero-order chi connectivity index (χ0) is 14.5. The summed E-state index contributed by atoms with van der Waals surface area (Å²) >= 11 is 0. The van der Waals surface area contributed by atoms with Crippen molar-refractivity contribution in [3.8, 4) is 5.75 Å². The monoisotopic (exact) mass is 275 g/mol. The van der Waals surface area contributed by atoms with Gasteiger partial charge in [-0.2, -0.15) is 0 Å². The number of nitrogens with one attached hydrogen (secondary N) is 1. The number of rotatable bonds is 4. The molecule has 3 N–H and O–H groups in total. The first-order valence-electron chi connectivity index (χ1n) is 5.94. The van der Waals surface area contributed by atoms with E-state index in [4.69, 9.17) is 10.5 Å². The smallest absolute Gasteiger partial charge is 0.274 e. The van der Waals surface area contributed by atoms with Gasteiger partial charge in [0.15, 0.2) is 11.6 Å². The van der Waals surface area contributed by atoms with Crippen LogP contribution in [-0.2, 0) is 6.54 Å². The minimum atomic E-state index is -0.545. The van der Waals surface area contributed by atoms with Crippen LogP contribution in [0.5, 0.6) is 5.75 Å². The highest BCUT2D eigenvalue weighted by Crippen LogP contribution is 2.20. The summed E-state index contributed by atoms with van der Waals surface area (Å²) < 4.78 is 18.3. The number of ether oxygens (including phenoxy) is 1. The number of halogens is 1. The van der Waals surface area contributed by atoms with Crippen molar-refractivity contribution >= 4 is 11.6 Å². The topological polar surface area (TPSA) is 77.2 Å². The number of methoxy groups -OCH3 is 1. The van der Waals surface area contributed by atoms with Crippen LogP contribution in [0.2, 0.25) is 0 Å². The quantitative estimate of drug-likeness (QED) is 0.894. The number of nitrogens with zero attached hydrogens (tertiary/aromatic N) is 1. The standard InChI is InChI=1S/C14H14FN3O2/c1-20-13-5-3-10(6-11(13)15)18-14(19)12-4-2-9(7-16)8-17-12/h2-6,8H,7,16H2,1H3,(H,18,19). The second kappa shape index (κ2) is 6.12. The van der Waals surface area contributed by atoms with Gasteiger partial charge in [-0.1, -0.05) is 6.07 Å². The summed E-state index contributed by atoms with van der Waals surface area (Å²) in [6, 6.07) is 7.46. The van der Waals surface area contributed by atoms with Gasteiger partial charge >= 0.3 is 0 Å². The SMILES string of the molecule is COc1ccc(NC(=O)c2ccc(CN)cn2)cc1F. The van der Waals surface area contributed by atoms with Crippen LogP contribution in [0.4, 0.5) is 10.1 Å². The van der Waals surface area contributed by atoms with E-state index in [0.29, 0.717) is 12.2 Å². The highest BCUT2D eigenvalue weighted by molar-refractivity contribution is 6.02. The van der Waals surface area contributed by atoms with Gasteiger partial charge in [0.2, 0.25) is 0 Å². The van der Waals surface area contributed by atoms with Gasteiger partial charge in [-0.25, -0.2) is 4.39 Å². The molecule has 0 saturated carbocycles. The van der Waals surface area contributed by atoms with E-state index in [-0.39, 0.29) is 11.4 Å². The molecule has 5 nitrogen and oxygen atoms in total. The molecular weight excluding hydrogens is 261 g/mol. The number of carbonyl (C=O) groups excluding carboxylic acids is 1. The van der Waals surface area contributed by atoms with Gasteiger partial charge in [0.1, 0.15) is 5.69 Å². The van der Waals surface area contributed by atoms with Crippen molar-refractivity contribution < 1.29 is 13.9 Å². The van der Waals surface area contributed by atoms with Crippen LogP contribution in [-0.4, -0.2) is 18.0 Å². The molecule has 0 spiro atoms. The number of benzene rings is 1. The average molecular weight is 275 g/mol. The summed E-state index contributed by atoms with van der Waals surface area (Å²) in [4.78, 5) is 15.9. The van der Waals surface area contributed by atoms with Crippen molar-refractivity contribution in [1.29, 1.82) is 0 Å². The maximum Gasteiger partial charge on any atom is 0.274 e. The lowest BCUT2D eigenvalue weighted by Gasteiger charge is -2.07. The normalized spacial score (nSPS) is 10.2. The number of hydrogen-bond acceptors (Lipinski definition) is 4. The number of carbonyl (C=O) groups is 1. The fourth-order valence-corrected chi connectivity index (χ4v) is 1.62. The van der Waals surface area contributed by atoms with Gasteiger partial charge in [0.25, 0.3) is 5.91 Å². The molecule has 2 rings (SSSR count). The van der Waals surface area contributed by atoms with E-state index in [2.05, 4.69) is 10.3 Å². The zero-order valence-electron chi connectivity index (χ0n) is 10.9. The molecular formula is C14H14FN3O2. The van der Waals surface area contributed by atoms with E-state index in [1.54, 1.807) is 18.2 Å². The number of anilines is 1. The van der Waals surface area contributed by atoms with Crippen molar-refractivity contribution in [2.75, 3.05) is 12.4 Å². The Morgan fingerprint density at radius 3 is 2.75 bits per heavy atom. The summed E-state index contributed by atoms with van der Waals surface area (Å²) in [5, 5.41) is 2.56. The lowest BCUT2D eigenvalue weighted by molar-refractivity contribution is 0.102. The Bertz CT molecular complexity index is 614. The largest absolute Gasteiger partial charge is 0.494 e. The van der Waals surface area contributed by atoms with Crippen LogP contribution >= 0.6 is 0 Å². The molecule has 6 heteroatoms. The highest BCUT2D eigenvalue weighted by atomic mass is 19.1. The van der Waals surface area contributed by atoms with Gasteiger partial charge < -0.3 is 15.8 Å². The van der Waals surface area contributed by atoms with Crippen LogP contribution in [0.15, 0.2) is 36.5 Å². The fraction of sp³-hybridized carbons (Fsp3) is 0.143. The predicted molar refractivity (Wildman–Crippen MR) is 73.0 cm³/mol. The van der Waals surface area contributed by atoms with Crippen LogP contribution < -0.4 is 15.8 Å². The molecule has 104 valence electrons. The van der Waals surface area contributed by atoms with Gasteiger partial charge in [-0.15, -0.1) is 0 Å². The van der Waals surface area contributed by atoms with Crippen LogP contribution in [0.25, 0.3) is 0 Å². The molecule has 2 aromatic rings. The maximum atomic E-state index is 13.5. The van der Waals surface area contributed by atoms with Crippen molar-refractivity contribution in [3.05, 3.63) is 53.6 Å². The van der Waals surface area contributed by atoms with E-state index < -0.39 is 11.7 Å². The van der Waals surface area contributed by atoms with Crippen molar-refractivity contribution in [2.45, 2.75) is 6.54 Å². The van der Waals surface area contributed by atoms with Crippen molar-refractivity contribution in [2.24, 2.45) is 5.73 Å². The lowest BCUT2D eigenvalue weighted by atomic mass is 10.2. The molecule has 0 radical (unpaired) electrons. The van der Waals surface area contributed by atoms with Crippen LogP contribution in [0.3, 0.4) is 0 Å². The minimum Gasteiger partial charge on any atom is -0.494 e. The number of aromatic nitrogens is 1. The van der Waals surface area contributed by atoms with Crippen molar-refractivity contribution in [1.82, 2.24) is 4.98 Å². The lowest BCUT2D eigenvalue weighted by Crippen LogP contribution is -2.14. The van der Waals surface area contributed by atoms with E-state index in [0.717, 1.165) is 5.56 Å². The van der Waals surface area contributed by atoms with Gasteiger partial charge in [-0.05, 0) is 23.8 Å². The third kappa shape index (κ3) is 3.10. The summed E-state index contributed by atoms with van der Waals surface area (Å²) in [7, 11) is 1.37. The Hall–Kier alpha value is -2.47. The average Bonchev–Trinajstić information content (AvgIpc) is 2.47. The van der Waals surface area contributed by atoms with E-state index in [1.165, 1.54) is 25.4 Å². The van der Waals surface area contributed by atoms with E-state index in [1.807, 2.05) is 0 Å². The summed E-state index contributed by atoms with van der Waals surface area (Å²) in [6.07, 6.45) is 1.53. The van der Waals surface area contributed by atoms with Gasteiger partial charge in [0.05, 0.1) is 7.11 Å². The van der Waals surface area contributed by atoms with Gasteiger partial charge in [-0.3, -0.25) is 9.78 Å². The Labute approximate surface area is 115 Å². The van der Waals surface area contributed by atoms with Gasteiger partial charge in [0, 0.05) is 24.5 Å². The molecule has 0 aliphatic heterocycles. The molecule has 0 fully saturated rings. The molecule has 0 aliphatic rings. The number of nitrogens with two attached hydrogens (primary N) is 1. The first-order chi connectivity index (χ1) is 9.63. The second-order valence-electron chi connectivity index (χ2n) is 4.06. The Morgan fingerprint density at radius 2 is 2.20 bits per heavy atom. The zero-order valence-corrected chi connectivity index (χ0v) is 10.9. The Balaban J connectivity index is 2.12. The van der Waals surface area contributed by atoms with Crippen molar-refractivity contribution in [3.63, 3.8) is 0 Å². The van der Waals surface area contributed by atoms with E-state index in [9.17, 15) is 9.18 Å². The third-order valence-electron chi connectivity index (χ3n) is 2.70. The molecule has 20 heavy (non-hydrogen) atoms. The molecule has 1 aromatic heterocycles. The first kappa shape index (κ1) is 14.0. The van der Waals surface area contributed by atoms with Crippen LogP contribution in [0, 0.1) is 5.82 Å². The maximum absolute atomic E-state index is 13.5. The molecule has 1 heterocycles. The highest BCUT2D eigenvalue weighted by Gasteiger charge is 2.09. The summed E-state index contributed by atoms with van der Waals surface area (Å²) in [5.41, 5.74) is 6.85. The Morgan fingerprint density at radius 1 is 1.40 bits per heavy atom. The first-order valence-corrected chi connectivity index (χ1v) is 5.94. The molecule has 1 aromatic carbocycles. The number of amides is 1. The van der Waals surface area contributed by atoms with E-state index >= 15 is 0 Å².